The number of benzene rings is 1. The van der Waals surface area contributed by atoms with Crippen molar-refractivity contribution in [3.05, 3.63) is 53.0 Å². The van der Waals surface area contributed by atoms with Crippen LogP contribution in [0.3, 0.4) is 0 Å². The molecule has 1 aromatic heterocycles. The van der Waals surface area contributed by atoms with Crippen LogP contribution in [0.4, 0.5) is 10.1 Å². The van der Waals surface area contributed by atoms with Gasteiger partial charge in [0.05, 0.1) is 11.3 Å². The molecule has 4 nitrogen and oxygen atoms in total. The average Bonchev–Trinajstić information content (AvgIpc) is 2.47. The van der Waals surface area contributed by atoms with Gasteiger partial charge in [-0.25, -0.2) is 9.37 Å². The summed E-state index contributed by atoms with van der Waals surface area (Å²) in [5.41, 5.74) is 2.67. The van der Waals surface area contributed by atoms with Gasteiger partial charge in [-0.3, -0.25) is 4.79 Å². The monoisotopic (exact) mass is 315 g/mol. The molecule has 112 valence electrons. The molecule has 0 saturated heterocycles. The number of thioether (sulfide) groups is 1. The van der Waals surface area contributed by atoms with Crippen molar-refractivity contribution < 1.29 is 9.18 Å². The van der Waals surface area contributed by atoms with Crippen molar-refractivity contribution in [2.24, 2.45) is 0 Å². The van der Waals surface area contributed by atoms with Crippen LogP contribution in [0.25, 0.3) is 0 Å². The number of aromatic nitrogens is 1. The van der Waals surface area contributed by atoms with Crippen molar-refractivity contribution >= 4 is 23.4 Å². The van der Waals surface area contributed by atoms with Gasteiger partial charge in [-0.2, -0.15) is 5.26 Å². The van der Waals surface area contributed by atoms with Gasteiger partial charge in [0.25, 0.3) is 0 Å². The first-order valence-electron chi connectivity index (χ1n) is 6.56. The Labute approximate surface area is 132 Å². The number of aryl methyl sites for hydroxylation is 2. The quantitative estimate of drug-likeness (QED) is 0.878. The first-order chi connectivity index (χ1) is 10.5. The number of nitriles is 1. The Morgan fingerprint density at radius 3 is 2.68 bits per heavy atom. The third kappa shape index (κ3) is 4.06. The molecule has 0 fully saturated rings. The third-order valence-corrected chi connectivity index (χ3v) is 3.87. The summed E-state index contributed by atoms with van der Waals surface area (Å²) in [6.45, 7) is 3.69. The summed E-state index contributed by atoms with van der Waals surface area (Å²) in [6.07, 6.45) is 0. The van der Waals surface area contributed by atoms with Gasteiger partial charge in [-0.15, -0.1) is 0 Å². The highest BCUT2D eigenvalue weighted by Crippen LogP contribution is 2.23. The summed E-state index contributed by atoms with van der Waals surface area (Å²) >= 11 is 1.21. The highest BCUT2D eigenvalue weighted by atomic mass is 32.2. The summed E-state index contributed by atoms with van der Waals surface area (Å²) in [5.74, 6) is -0.464. The van der Waals surface area contributed by atoms with E-state index in [9.17, 15) is 14.4 Å². The number of halogens is 1. The first-order valence-corrected chi connectivity index (χ1v) is 7.54. The molecule has 0 aliphatic heterocycles. The molecule has 0 atom stereocenters. The Hall–Kier alpha value is -2.39. The van der Waals surface area contributed by atoms with Gasteiger partial charge in [0.1, 0.15) is 16.9 Å². The van der Waals surface area contributed by atoms with Gasteiger partial charge in [-0.1, -0.05) is 11.8 Å². The maximum absolute atomic E-state index is 12.8. The van der Waals surface area contributed by atoms with Crippen molar-refractivity contribution in [2.75, 3.05) is 11.1 Å². The normalized spacial score (nSPS) is 10.1. The second kappa shape index (κ2) is 7.05. The second-order valence-electron chi connectivity index (χ2n) is 4.72. The summed E-state index contributed by atoms with van der Waals surface area (Å²) in [6, 6.07) is 9.50. The molecular weight excluding hydrogens is 301 g/mol. The van der Waals surface area contributed by atoms with Gasteiger partial charge in [-0.05, 0) is 49.7 Å². The smallest absolute Gasteiger partial charge is 0.234 e. The van der Waals surface area contributed by atoms with E-state index in [4.69, 9.17) is 0 Å². The van der Waals surface area contributed by atoms with Crippen LogP contribution >= 0.6 is 11.8 Å². The molecule has 0 aliphatic rings. The number of nitrogens with one attached hydrogen (secondary N) is 1. The predicted molar refractivity (Wildman–Crippen MR) is 84.2 cm³/mol. The molecule has 1 amide bonds. The lowest BCUT2D eigenvalue weighted by molar-refractivity contribution is -0.113. The lowest BCUT2D eigenvalue weighted by Crippen LogP contribution is -2.14. The van der Waals surface area contributed by atoms with Gasteiger partial charge in [0, 0.05) is 11.4 Å². The molecule has 0 aliphatic carbocycles. The van der Waals surface area contributed by atoms with Crippen LogP contribution in [0.2, 0.25) is 0 Å². The second-order valence-corrected chi connectivity index (χ2v) is 5.68. The van der Waals surface area contributed by atoms with Gasteiger partial charge in [0.15, 0.2) is 0 Å². The SMILES string of the molecule is Cc1cc(C)c(C#N)c(SCC(=O)Nc2ccc(F)cc2)n1. The van der Waals surface area contributed by atoms with Crippen LogP contribution in [0.1, 0.15) is 16.8 Å². The fourth-order valence-electron chi connectivity index (χ4n) is 1.91. The molecule has 1 N–H and O–H groups in total. The fraction of sp³-hybridized carbons (Fsp3) is 0.188. The van der Waals surface area contributed by atoms with E-state index in [0.29, 0.717) is 16.3 Å². The van der Waals surface area contributed by atoms with Crippen LogP contribution in [-0.4, -0.2) is 16.6 Å². The topological polar surface area (TPSA) is 65.8 Å². The Bertz CT molecular complexity index is 738. The zero-order chi connectivity index (χ0) is 16.1. The first kappa shape index (κ1) is 16.0. The van der Waals surface area contributed by atoms with Gasteiger partial charge in [0.2, 0.25) is 5.91 Å². The van der Waals surface area contributed by atoms with Gasteiger partial charge >= 0.3 is 0 Å². The molecule has 0 radical (unpaired) electrons. The van der Waals surface area contributed by atoms with E-state index < -0.39 is 0 Å². The molecule has 1 heterocycles. The Balaban J connectivity index is 2.02. The molecule has 6 heteroatoms. The summed E-state index contributed by atoms with van der Waals surface area (Å²) in [7, 11) is 0. The summed E-state index contributed by atoms with van der Waals surface area (Å²) in [4.78, 5) is 16.2. The lowest BCUT2D eigenvalue weighted by Gasteiger charge is -2.08. The standard InChI is InChI=1S/C16H14FN3OS/c1-10-7-11(2)19-16(14(10)8-18)22-9-15(21)20-13-5-3-12(17)4-6-13/h3-7H,9H2,1-2H3,(H,20,21). The minimum Gasteiger partial charge on any atom is -0.325 e. The number of rotatable bonds is 4. The van der Waals surface area contributed by atoms with Crippen molar-refractivity contribution in [1.29, 1.82) is 5.26 Å². The number of hydrogen-bond donors (Lipinski definition) is 1. The number of pyridine rings is 1. The van der Waals surface area contributed by atoms with Crippen molar-refractivity contribution in [2.45, 2.75) is 18.9 Å². The average molecular weight is 315 g/mol. The zero-order valence-electron chi connectivity index (χ0n) is 12.2. The maximum Gasteiger partial charge on any atom is 0.234 e. The molecule has 1 aromatic carbocycles. The molecule has 0 bridgehead atoms. The number of nitrogens with zero attached hydrogens (tertiary/aromatic N) is 2. The van der Waals surface area contributed by atoms with E-state index in [0.717, 1.165) is 11.3 Å². The van der Waals surface area contributed by atoms with E-state index in [2.05, 4.69) is 16.4 Å². The van der Waals surface area contributed by atoms with Crippen molar-refractivity contribution in [3.63, 3.8) is 0 Å². The largest absolute Gasteiger partial charge is 0.325 e. The summed E-state index contributed by atoms with van der Waals surface area (Å²) < 4.78 is 12.8. The van der Waals surface area contributed by atoms with Crippen LogP contribution in [-0.2, 0) is 4.79 Å². The Morgan fingerprint density at radius 2 is 2.05 bits per heavy atom. The van der Waals surface area contributed by atoms with E-state index in [-0.39, 0.29) is 17.5 Å². The molecule has 0 saturated carbocycles. The van der Waals surface area contributed by atoms with E-state index >= 15 is 0 Å². The fourth-order valence-corrected chi connectivity index (χ4v) is 2.81. The summed E-state index contributed by atoms with van der Waals surface area (Å²) in [5, 5.41) is 12.4. The molecule has 2 rings (SSSR count). The van der Waals surface area contributed by atoms with Crippen LogP contribution < -0.4 is 5.32 Å². The van der Waals surface area contributed by atoms with Crippen LogP contribution in [0.15, 0.2) is 35.4 Å². The number of carbonyl (C=O) groups excluding carboxylic acids is 1. The Kier molecular flexibility index (Phi) is 5.12. The minimum atomic E-state index is -0.356. The number of carbonyl (C=O) groups is 1. The highest BCUT2D eigenvalue weighted by Gasteiger charge is 2.11. The number of amides is 1. The molecule has 0 spiro atoms. The van der Waals surface area contributed by atoms with Crippen molar-refractivity contribution in [3.8, 4) is 6.07 Å². The van der Waals surface area contributed by atoms with Gasteiger partial charge < -0.3 is 5.32 Å². The Morgan fingerprint density at radius 1 is 1.36 bits per heavy atom. The van der Waals surface area contributed by atoms with Crippen molar-refractivity contribution in [1.82, 2.24) is 4.98 Å². The van der Waals surface area contributed by atoms with Crippen LogP contribution in [0.5, 0.6) is 0 Å². The maximum atomic E-state index is 12.8. The van der Waals surface area contributed by atoms with Crippen LogP contribution in [0, 0.1) is 31.0 Å². The molecule has 2 aromatic rings. The van der Waals surface area contributed by atoms with E-state index in [1.165, 1.54) is 36.0 Å². The zero-order valence-corrected chi connectivity index (χ0v) is 13.0. The van der Waals surface area contributed by atoms with E-state index in [1.807, 2.05) is 19.9 Å². The number of hydrogen-bond acceptors (Lipinski definition) is 4. The highest BCUT2D eigenvalue weighted by molar-refractivity contribution is 8.00. The minimum absolute atomic E-state index is 0.127. The predicted octanol–water partition coefficient (Wildman–Crippen LogP) is 3.44. The lowest BCUT2D eigenvalue weighted by atomic mass is 10.1. The third-order valence-electron chi connectivity index (χ3n) is 2.89. The van der Waals surface area contributed by atoms with E-state index in [1.54, 1.807) is 0 Å². The number of anilines is 1. The molecule has 22 heavy (non-hydrogen) atoms. The molecular formula is C16H14FN3OS. The molecule has 0 unspecified atom stereocenters.